The van der Waals surface area contributed by atoms with Gasteiger partial charge < -0.3 is 0 Å². The Labute approximate surface area is 96.7 Å². The fourth-order valence-corrected chi connectivity index (χ4v) is 1.50. The zero-order valence-corrected chi connectivity index (χ0v) is 8.85. The zero-order valence-electron chi connectivity index (χ0n) is 8.09. The molecule has 78 valence electrons. The maximum absolute atomic E-state index is 11.0. The van der Waals surface area contributed by atoms with Crippen LogP contribution in [0.2, 0.25) is 0 Å². The molecule has 1 aromatic carbocycles. The van der Waals surface area contributed by atoms with E-state index in [1.165, 1.54) is 10.9 Å². The second-order valence-electron chi connectivity index (χ2n) is 3.04. The van der Waals surface area contributed by atoms with Gasteiger partial charge in [-0.15, -0.1) is 0 Å². The van der Waals surface area contributed by atoms with Crippen LogP contribution >= 0.6 is 11.6 Å². The van der Waals surface area contributed by atoms with Crippen molar-refractivity contribution < 1.29 is 4.79 Å². The van der Waals surface area contributed by atoms with Gasteiger partial charge in [0.05, 0.1) is 17.4 Å². The average Bonchev–Trinajstić information content (AvgIpc) is 2.73. The summed E-state index contributed by atoms with van der Waals surface area (Å²) < 4.78 is 1.38. The number of rotatable bonds is 2. The third kappa shape index (κ3) is 1.69. The SMILES string of the molecule is N#Cc1c(C(=O)Cl)cnn1-c1ccccc1. The van der Waals surface area contributed by atoms with Gasteiger partial charge in [0.2, 0.25) is 0 Å². The number of benzene rings is 1. The largest absolute Gasteiger partial charge is 0.275 e. The van der Waals surface area contributed by atoms with Crippen molar-refractivity contribution in [3.05, 3.63) is 47.8 Å². The van der Waals surface area contributed by atoms with Crippen molar-refractivity contribution in [2.24, 2.45) is 0 Å². The minimum absolute atomic E-state index is 0.119. The van der Waals surface area contributed by atoms with Gasteiger partial charge in [0, 0.05) is 0 Å². The quantitative estimate of drug-likeness (QED) is 0.744. The molecule has 0 unspecified atom stereocenters. The van der Waals surface area contributed by atoms with Gasteiger partial charge in [0.1, 0.15) is 6.07 Å². The standard InChI is InChI=1S/C11H6ClN3O/c12-11(16)9-7-14-15(10(9)6-13)8-4-2-1-3-5-8/h1-5,7H. The molecule has 2 rings (SSSR count). The Morgan fingerprint density at radius 2 is 2.06 bits per heavy atom. The second-order valence-corrected chi connectivity index (χ2v) is 3.38. The Bertz CT molecular complexity index is 569. The molecule has 2 aromatic rings. The van der Waals surface area contributed by atoms with Gasteiger partial charge in [0.25, 0.3) is 5.24 Å². The number of carbonyl (C=O) groups excluding carboxylic acids is 1. The Kier molecular flexibility index (Phi) is 2.71. The monoisotopic (exact) mass is 231 g/mol. The topological polar surface area (TPSA) is 58.7 Å². The van der Waals surface area contributed by atoms with Crippen molar-refractivity contribution in [2.45, 2.75) is 0 Å². The summed E-state index contributed by atoms with van der Waals surface area (Å²) in [6, 6.07) is 11.0. The summed E-state index contributed by atoms with van der Waals surface area (Å²) in [5.74, 6) is 0. The smallest absolute Gasteiger partial charge is 0.256 e. The number of hydrogen-bond donors (Lipinski definition) is 0. The van der Waals surface area contributed by atoms with E-state index in [4.69, 9.17) is 16.9 Å². The van der Waals surface area contributed by atoms with Crippen molar-refractivity contribution in [2.75, 3.05) is 0 Å². The third-order valence-corrected chi connectivity index (χ3v) is 2.29. The van der Waals surface area contributed by atoms with E-state index >= 15 is 0 Å². The Morgan fingerprint density at radius 3 is 2.62 bits per heavy atom. The van der Waals surface area contributed by atoms with Crippen molar-refractivity contribution in [1.82, 2.24) is 9.78 Å². The zero-order chi connectivity index (χ0) is 11.5. The molecule has 16 heavy (non-hydrogen) atoms. The highest BCUT2D eigenvalue weighted by Gasteiger charge is 2.16. The first-order valence-corrected chi connectivity index (χ1v) is 4.85. The molecule has 0 radical (unpaired) electrons. The van der Waals surface area contributed by atoms with Crippen LogP contribution in [-0.2, 0) is 0 Å². The Balaban J connectivity index is 2.60. The van der Waals surface area contributed by atoms with E-state index < -0.39 is 5.24 Å². The van der Waals surface area contributed by atoms with E-state index in [2.05, 4.69) is 5.10 Å². The predicted octanol–water partition coefficient (Wildman–Crippen LogP) is 2.12. The minimum Gasteiger partial charge on any atom is -0.275 e. The van der Waals surface area contributed by atoms with E-state index in [1.807, 2.05) is 24.3 Å². The van der Waals surface area contributed by atoms with Gasteiger partial charge in [-0.3, -0.25) is 4.79 Å². The second kappa shape index (κ2) is 4.17. The summed E-state index contributed by atoms with van der Waals surface area (Å²) in [6.45, 7) is 0. The predicted molar refractivity (Wildman–Crippen MR) is 58.5 cm³/mol. The molecule has 0 aliphatic heterocycles. The molecule has 1 aromatic heterocycles. The van der Waals surface area contributed by atoms with E-state index in [1.54, 1.807) is 12.1 Å². The molecule has 0 saturated carbocycles. The Hall–Kier alpha value is -2.12. The van der Waals surface area contributed by atoms with Gasteiger partial charge >= 0.3 is 0 Å². The molecule has 0 fully saturated rings. The number of nitrogens with zero attached hydrogens (tertiary/aromatic N) is 3. The van der Waals surface area contributed by atoms with Crippen molar-refractivity contribution >= 4 is 16.8 Å². The number of carbonyl (C=O) groups is 1. The molecule has 4 nitrogen and oxygen atoms in total. The summed E-state index contributed by atoms with van der Waals surface area (Å²) in [6.07, 6.45) is 1.29. The van der Waals surface area contributed by atoms with Crippen LogP contribution in [0.15, 0.2) is 36.5 Å². The molecule has 0 amide bonds. The molecular formula is C11H6ClN3O. The van der Waals surface area contributed by atoms with Crippen LogP contribution in [0.3, 0.4) is 0 Å². The first-order valence-electron chi connectivity index (χ1n) is 4.47. The van der Waals surface area contributed by atoms with Crippen LogP contribution < -0.4 is 0 Å². The summed E-state index contributed by atoms with van der Waals surface area (Å²) in [4.78, 5) is 11.0. The normalized spacial score (nSPS) is 9.75. The van der Waals surface area contributed by atoms with Crippen LogP contribution in [0.25, 0.3) is 5.69 Å². The van der Waals surface area contributed by atoms with Crippen LogP contribution in [0, 0.1) is 11.3 Å². The molecule has 0 aliphatic rings. The fourth-order valence-electron chi connectivity index (χ4n) is 1.36. The number of halogens is 1. The lowest BCUT2D eigenvalue weighted by Gasteiger charge is -2.01. The molecule has 0 aliphatic carbocycles. The first kappa shape index (κ1) is 10.4. The van der Waals surface area contributed by atoms with E-state index in [9.17, 15) is 4.79 Å². The van der Waals surface area contributed by atoms with Crippen LogP contribution in [0.1, 0.15) is 16.1 Å². The molecule has 0 bridgehead atoms. The van der Waals surface area contributed by atoms with E-state index in [0.717, 1.165) is 0 Å². The molecule has 0 N–H and O–H groups in total. The summed E-state index contributed by atoms with van der Waals surface area (Å²) in [5, 5.41) is 12.3. The summed E-state index contributed by atoms with van der Waals surface area (Å²) >= 11 is 5.34. The maximum atomic E-state index is 11.0. The van der Waals surface area contributed by atoms with Gasteiger partial charge in [-0.2, -0.15) is 10.4 Å². The van der Waals surface area contributed by atoms with E-state index in [-0.39, 0.29) is 11.3 Å². The number of aromatic nitrogens is 2. The fraction of sp³-hybridized carbons (Fsp3) is 0. The van der Waals surface area contributed by atoms with Gasteiger partial charge in [-0.25, -0.2) is 4.68 Å². The van der Waals surface area contributed by atoms with Crippen LogP contribution in [-0.4, -0.2) is 15.0 Å². The lowest BCUT2D eigenvalue weighted by atomic mass is 10.2. The first-order chi connectivity index (χ1) is 7.74. The number of hydrogen-bond acceptors (Lipinski definition) is 3. The lowest BCUT2D eigenvalue weighted by Crippen LogP contribution is -2.01. The van der Waals surface area contributed by atoms with E-state index in [0.29, 0.717) is 5.69 Å². The molecule has 5 heteroatoms. The van der Waals surface area contributed by atoms with Gasteiger partial charge in [0.15, 0.2) is 5.69 Å². The van der Waals surface area contributed by atoms with Gasteiger partial charge in [-0.1, -0.05) is 18.2 Å². The van der Waals surface area contributed by atoms with Crippen LogP contribution in [0.4, 0.5) is 0 Å². The minimum atomic E-state index is -0.682. The highest BCUT2D eigenvalue weighted by molar-refractivity contribution is 6.67. The molecule has 0 atom stereocenters. The average molecular weight is 232 g/mol. The lowest BCUT2D eigenvalue weighted by molar-refractivity contribution is 0.108. The highest BCUT2D eigenvalue weighted by Crippen LogP contribution is 2.15. The number of nitriles is 1. The molecule has 0 saturated heterocycles. The van der Waals surface area contributed by atoms with Gasteiger partial charge in [-0.05, 0) is 23.7 Å². The Morgan fingerprint density at radius 1 is 1.38 bits per heavy atom. The van der Waals surface area contributed by atoms with Crippen molar-refractivity contribution in [3.8, 4) is 11.8 Å². The molecule has 1 heterocycles. The van der Waals surface area contributed by atoms with Crippen molar-refractivity contribution in [1.29, 1.82) is 5.26 Å². The van der Waals surface area contributed by atoms with Crippen LogP contribution in [0.5, 0.6) is 0 Å². The van der Waals surface area contributed by atoms with Crippen molar-refractivity contribution in [3.63, 3.8) is 0 Å². The third-order valence-electron chi connectivity index (χ3n) is 2.09. The highest BCUT2D eigenvalue weighted by atomic mass is 35.5. The summed E-state index contributed by atoms with van der Waals surface area (Å²) in [5.41, 5.74) is 0.974. The maximum Gasteiger partial charge on any atom is 0.256 e. The molecular weight excluding hydrogens is 226 g/mol. The summed E-state index contributed by atoms with van der Waals surface area (Å²) in [7, 11) is 0. The molecule has 0 spiro atoms. The number of para-hydroxylation sites is 1.